The Hall–Kier alpha value is -1.23. The summed E-state index contributed by atoms with van der Waals surface area (Å²) in [5.41, 5.74) is 0.667. The zero-order valence-corrected chi connectivity index (χ0v) is 9.38. The minimum atomic E-state index is -0.0502. The fourth-order valence-electron chi connectivity index (χ4n) is 1.45. The summed E-state index contributed by atoms with van der Waals surface area (Å²) < 4.78 is 7.45. The molecule has 74 valence electrons. The third kappa shape index (κ3) is 1.16. The first-order valence-electron chi connectivity index (χ1n) is 4.06. The van der Waals surface area contributed by atoms with Crippen molar-refractivity contribution in [2.75, 3.05) is 7.11 Å². The molecule has 1 heterocycles. The van der Waals surface area contributed by atoms with Crippen molar-refractivity contribution < 1.29 is 4.74 Å². The Labute approximate surface area is 88.6 Å². The number of aryl methyl sites for hydroxylation is 1. The predicted molar refractivity (Wildman–Crippen MR) is 57.8 cm³/mol. The van der Waals surface area contributed by atoms with Gasteiger partial charge in [-0.3, -0.25) is 14.6 Å². The lowest BCUT2D eigenvalue weighted by molar-refractivity contribution is 0.416. The van der Waals surface area contributed by atoms with E-state index in [2.05, 4.69) is 21.0 Å². The lowest BCUT2D eigenvalue weighted by Gasteiger charge is -2.02. The number of ether oxygens (including phenoxy) is 1. The fraction of sp³-hybridized carbons (Fsp3) is 0.222. The zero-order valence-electron chi connectivity index (χ0n) is 7.80. The third-order valence-electron chi connectivity index (χ3n) is 2.13. The molecule has 2 rings (SSSR count). The van der Waals surface area contributed by atoms with Crippen LogP contribution in [0.2, 0.25) is 0 Å². The van der Waals surface area contributed by atoms with Gasteiger partial charge < -0.3 is 4.74 Å². The molecule has 14 heavy (non-hydrogen) atoms. The summed E-state index contributed by atoms with van der Waals surface area (Å²) in [5, 5.41) is 3.57. The number of hydrogen-bond acceptors (Lipinski definition) is 2. The maximum Gasteiger partial charge on any atom is 0.274 e. The van der Waals surface area contributed by atoms with Crippen molar-refractivity contribution in [3.8, 4) is 5.75 Å². The molecule has 0 bridgehead atoms. The molecule has 0 radical (unpaired) electrons. The minimum absolute atomic E-state index is 0.0502. The van der Waals surface area contributed by atoms with E-state index in [1.54, 1.807) is 26.3 Å². The first-order valence-corrected chi connectivity index (χ1v) is 4.85. The van der Waals surface area contributed by atoms with E-state index in [0.29, 0.717) is 11.1 Å². The topological polar surface area (TPSA) is 47.0 Å². The SMILES string of the molecule is COc1c(Br)ccc2c(=O)n(C)[nH]c12. The van der Waals surface area contributed by atoms with Crippen LogP contribution in [0.1, 0.15) is 0 Å². The van der Waals surface area contributed by atoms with Crippen LogP contribution in [-0.4, -0.2) is 16.9 Å². The molecular formula is C9H9BrN2O2. The number of fused-ring (bicyclic) bond motifs is 1. The van der Waals surface area contributed by atoms with Gasteiger partial charge in [0.1, 0.15) is 5.52 Å². The van der Waals surface area contributed by atoms with Gasteiger partial charge in [0.15, 0.2) is 5.75 Å². The molecule has 0 saturated heterocycles. The van der Waals surface area contributed by atoms with Gasteiger partial charge in [0.25, 0.3) is 5.56 Å². The first-order chi connectivity index (χ1) is 6.65. The fourth-order valence-corrected chi connectivity index (χ4v) is 1.94. The van der Waals surface area contributed by atoms with Gasteiger partial charge in [0.05, 0.1) is 17.0 Å². The minimum Gasteiger partial charge on any atom is -0.493 e. The van der Waals surface area contributed by atoms with Gasteiger partial charge in [-0.1, -0.05) is 0 Å². The number of methoxy groups -OCH3 is 1. The second kappa shape index (κ2) is 3.16. The number of aromatic nitrogens is 2. The van der Waals surface area contributed by atoms with E-state index < -0.39 is 0 Å². The molecular weight excluding hydrogens is 248 g/mol. The van der Waals surface area contributed by atoms with Crippen molar-refractivity contribution >= 4 is 26.8 Å². The third-order valence-corrected chi connectivity index (χ3v) is 2.75. The highest BCUT2D eigenvalue weighted by Gasteiger charge is 2.11. The number of nitrogens with one attached hydrogen (secondary N) is 1. The number of aromatic amines is 1. The number of H-pyrrole nitrogens is 1. The highest BCUT2D eigenvalue weighted by Crippen LogP contribution is 2.30. The number of halogens is 1. The summed E-state index contributed by atoms with van der Waals surface area (Å²) in [6.45, 7) is 0. The highest BCUT2D eigenvalue weighted by atomic mass is 79.9. The van der Waals surface area contributed by atoms with E-state index >= 15 is 0 Å². The van der Waals surface area contributed by atoms with E-state index in [9.17, 15) is 4.79 Å². The van der Waals surface area contributed by atoms with Gasteiger partial charge in [-0.2, -0.15) is 0 Å². The van der Waals surface area contributed by atoms with Crippen molar-refractivity contribution in [2.24, 2.45) is 7.05 Å². The van der Waals surface area contributed by atoms with Crippen LogP contribution in [0.3, 0.4) is 0 Å². The molecule has 0 unspecified atom stereocenters. The van der Waals surface area contributed by atoms with Crippen LogP contribution in [0.25, 0.3) is 10.9 Å². The van der Waals surface area contributed by atoms with Crippen molar-refractivity contribution in [3.63, 3.8) is 0 Å². The van der Waals surface area contributed by atoms with Gasteiger partial charge in [0, 0.05) is 7.05 Å². The van der Waals surface area contributed by atoms with Crippen molar-refractivity contribution in [1.82, 2.24) is 9.78 Å². The van der Waals surface area contributed by atoms with E-state index in [0.717, 1.165) is 9.99 Å². The van der Waals surface area contributed by atoms with E-state index in [1.165, 1.54) is 4.68 Å². The van der Waals surface area contributed by atoms with Gasteiger partial charge in [-0.05, 0) is 28.1 Å². The van der Waals surface area contributed by atoms with E-state index in [1.807, 2.05) is 0 Å². The van der Waals surface area contributed by atoms with Crippen LogP contribution in [0, 0.1) is 0 Å². The maximum absolute atomic E-state index is 11.6. The Morgan fingerprint density at radius 1 is 1.50 bits per heavy atom. The molecule has 0 saturated carbocycles. The summed E-state index contributed by atoms with van der Waals surface area (Å²) in [6, 6.07) is 3.57. The molecule has 0 fully saturated rings. The molecule has 0 amide bonds. The molecule has 5 heteroatoms. The lowest BCUT2D eigenvalue weighted by atomic mass is 10.2. The van der Waals surface area contributed by atoms with Crippen molar-refractivity contribution in [2.45, 2.75) is 0 Å². The van der Waals surface area contributed by atoms with Crippen LogP contribution in [-0.2, 0) is 7.05 Å². The van der Waals surface area contributed by atoms with Gasteiger partial charge in [0.2, 0.25) is 0 Å². The number of nitrogens with zero attached hydrogens (tertiary/aromatic N) is 1. The van der Waals surface area contributed by atoms with E-state index in [4.69, 9.17) is 4.74 Å². The van der Waals surface area contributed by atoms with Gasteiger partial charge >= 0.3 is 0 Å². The summed E-state index contributed by atoms with van der Waals surface area (Å²) in [7, 11) is 3.25. The zero-order chi connectivity index (χ0) is 10.3. The largest absolute Gasteiger partial charge is 0.493 e. The number of rotatable bonds is 1. The van der Waals surface area contributed by atoms with Gasteiger partial charge in [-0.25, -0.2) is 0 Å². The summed E-state index contributed by atoms with van der Waals surface area (Å²) >= 11 is 3.36. The average Bonchev–Trinajstić information content (AvgIpc) is 2.43. The van der Waals surface area contributed by atoms with Crippen LogP contribution in [0.5, 0.6) is 5.75 Å². The highest BCUT2D eigenvalue weighted by molar-refractivity contribution is 9.10. The molecule has 0 spiro atoms. The van der Waals surface area contributed by atoms with Crippen LogP contribution < -0.4 is 10.3 Å². The van der Waals surface area contributed by atoms with Crippen LogP contribution >= 0.6 is 15.9 Å². The second-order valence-electron chi connectivity index (χ2n) is 2.98. The molecule has 1 aromatic carbocycles. The van der Waals surface area contributed by atoms with Crippen LogP contribution in [0.4, 0.5) is 0 Å². The molecule has 0 aliphatic carbocycles. The van der Waals surface area contributed by atoms with Crippen LogP contribution in [0.15, 0.2) is 21.4 Å². The van der Waals surface area contributed by atoms with Crippen molar-refractivity contribution in [1.29, 1.82) is 0 Å². The molecule has 4 nitrogen and oxygen atoms in total. The Balaban J connectivity index is 2.96. The summed E-state index contributed by atoms with van der Waals surface area (Å²) in [4.78, 5) is 11.6. The summed E-state index contributed by atoms with van der Waals surface area (Å²) in [6.07, 6.45) is 0. The Morgan fingerprint density at radius 3 is 2.86 bits per heavy atom. The smallest absolute Gasteiger partial charge is 0.274 e. The molecule has 2 aromatic rings. The average molecular weight is 257 g/mol. The maximum atomic E-state index is 11.6. The molecule has 0 aliphatic rings. The summed E-state index contributed by atoms with van der Waals surface area (Å²) in [5.74, 6) is 0.653. The lowest BCUT2D eigenvalue weighted by Crippen LogP contribution is -2.10. The molecule has 1 aromatic heterocycles. The van der Waals surface area contributed by atoms with Gasteiger partial charge in [-0.15, -0.1) is 0 Å². The van der Waals surface area contributed by atoms with Crippen molar-refractivity contribution in [3.05, 3.63) is 27.0 Å². The van der Waals surface area contributed by atoms with E-state index in [-0.39, 0.29) is 5.56 Å². The monoisotopic (exact) mass is 256 g/mol. The molecule has 0 atom stereocenters. The first kappa shape index (κ1) is 9.33. The number of benzene rings is 1. The second-order valence-corrected chi connectivity index (χ2v) is 3.83. The predicted octanol–water partition coefficient (Wildman–Crippen LogP) is 1.64. The Kier molecular flexibility index (Phi) is 2.11. The Morgan fingerprint density at radius 2 is 2.21 bits per heavy atom. The molecule has 1 N–H and O–H groups in total. The molecule has 0 aliphatic heterocycles. The number of hydrogen-bond donors (Lipinski definition) is 1. The normalized spacial score (nSPS) is 10.8. The standard InChI is InChI=1S/C9H9BrN2O2/c1-12-9(13)5-3-4-6(10)8(14-2)7(5)11-12/h3-4,11H,1-2H3. The quantitative estimate of drug-likeness (QED) is 0.844. The Bertz CT molecular complexity index is 541.